The van der Waals surface area contributed by atoms with Crippen molar-refractivity contribution in [2.75, 3.05) is 21.3 Å². The minimum Gasteiger partial charge on any atom is -0.495 e. The van der Waals surface area contributed by atoms with E-state index < -0.39 is 27.0 Å². The van der Waals surface area contributed by atoms with Gasteiger partial charge < -0.3 is 14.2 Å². The Hall–Kier alpha value is -3.70. The first-order chi connectivity index (χ1) is 14.7. The first kappa shape index (κ1) is 22.0. The molecule has 1 N–H and O–H groups in total. The fourth-order valence-electron chi connectivity index (χ4n) is 2.98. The first-order valence-corrected chi connectivity index (χ1v) is 10.2. The molecular weight excluding hydrogens is 428 g/mol. The van der Waals surface area contributed by atoms with Crippen LogP contribution in [-0.2, 0) is 19.6 Å². The summed E-state index contributed by atoms with van der Waals surface area (Å²) in [6.07, 6.45) is 0. The minimum atomic E-state index is -4.66. The Morgan fingerprint density at radius 2 is 1.61 bits per heavy atom. The van der Waals surface area contributed by atoms with Crippen molar-refractivity contribution >= 4 is 22.1 Å². The van der Waals surface area contributed by atoms with Crippen LogP contribution in [0.4, 0.5) is 0 Å². The van der Waals surface area contributed by atoms with E-state index in [2.05, 4.69) is 5.10 Å². The van der Waals surface area contributed by atoms with Crippen molar-refractivity contribution in [3.8, 4) is 22.7 Å². The maximum atomic E-state index is 12.6. The maximum absolute atomic E-state index is 12.6. The maximum Gasteiger partial charge on any atom is 0.357 e. The lowest BCUT2D eigenvalue weighted by molar-refractivity contribution is 0.0549. The molecule has 162 valence electrons. The molecule has 0 spiro atoms. The zero-order valence-corrected chi connectivity index (χ0v) is 17.5. The molecule has 10 nitrogen and oxygen atoms in total. The molecule has 0 aliphatic rings. The first-order valence-electron chi connectivity index (χ1n) is 8.73. The number of hydrogen-bond donors (Lipinski definition) is 1. The zero-order valence-electron chi connectivity index (χ0n) is 16.7. The van der Waals surface area contributed by atoms with E-state index in [1.807, 2.05) is 0 Å². The number of methoxy groups -OCH3 is 3. The number of aromatic nitrogens is 2. The third-order valence-corrected chi connectivity index (χ3v) is 5.24. The molecule has 1 heterocycles. The highest BCUT2D eigenvalue weighted by Gasteiger charge is 2.32. The lowest BCUT2D eigenvalue weighted by Crippen LogP contribution is -2.15. The number of benzene rings is 2. The molecule has 0 radical (unpaired) electrons. The second-order valence-corrected chi connectivity index (χ2v) is 7.53. The molecule has 0 unspecified atom stereocenters. The topological polar surface area (TPSA) is 134 Å². The summed E-state index contributed by atoms with van der Waals surface area (Å²) < 4.78 is 49.0. The molecule has 31 heavy (non-hydrogen) atoms. The Morgan fingerprint density at radius 3 is 2.16 bits per heavy atom. The highest BCUT2D eigenvalue weighted by molar-refractivity contribution is 7.86. The number of carbonyl (C=O) groups is 2. The molecule has 0 saturated carbocycles. The largest absolute Gasteiger partial charge is 0.495 e. The van der Waals surface area contributed by atoms with Gasteiger partial charge in [-0.05, 0) is 30.3 Å². The van der Waals surface area contributed by atoms with Crippen molar-refractivity contribution in [2.24, 2.45) is 0 Å². The molecule has 0 atom stereocenters. The minimum absolute atomic E-state index is 0.0522. The Labute approximate surface area is 177 Å². The molecule has 1 aromatic heterocycles. The van der Waals surface area contributed by atoms with Crippen LogP contribution in [0.2, 0.25) is 0 Å². The van der Waals surface area contributed by atoms with E-state index in [4.69, 9.17) is 14.2 Å². The van der Waals surface area contributed by atoms with Crippen molar-refractivity contribution in [1.82, 2.24) is 9.78 Å². The standard InChI is InChI=1S/C20H18N2O8S/c1-28-14-10-9-12(11-15(14)31(25,26)27)17-16(19(23)29-2)18(20(24)30-3)22(21-17)13-7-5-4-6-8-13/h4-11H,1-3H3,(H,25,26,27). The van der Waals surface area contributed by atoms with Crippen molar-refractivity contribution in [3.05, 3.63) is 59.8 Å². The molecule has 0 aliphatic heterocycles. The summed E-state index contributed by atoms with van der Waals surface area (Å²) in [7, 11) is -1.14. The molecule has 0 bridgehead atoms. The lowest BCUT2D eigenvalue weighted by atomic mass is 10.1. The monoisotopic (exact) mass is 446 g/mol. The van der Waals surface area contributed by atoms with Crippen molar-refractivity contribution in [1.29, 1.82) is 0 Å². The second-order valence-electron chi connectivity index (χ2n) is 6.14. The molecule has 3 rings (SSSR count). The fraction of sp³-hybridized carbons (Fsp3) is 0.150. The van der Waals surface area contributed by atoms with Gasteiger partial charge >= 0.3 is 11.9 Å². The summed E-state index contributed by atoms with van der Waals surface area (Å²) in [5, 5.41) is 4.37. The van der Waals surface area contributed by atoms with Gasteiger partial charge in [-0.1, -0.05) is 18.2 Å². The molecule has 0 aliphatic carbocycles. The Balaban J connectivity index is 2.39. The number of rotatable bonds is 6. The van der Waals surface area contributed by atoms with Gasteiger partial charge in [0.1, 0.15) is 21.9 Å². The van der Waals surface area contributed by atoms with Crippen molar-refractivity contribution < 1.29 is 36.8 Å². The number of carbonyl (C=O) groups excluding carboxylic acids is 2. The number of nitrogens with zero attached hydrogens (tertiary/aromatic N) is 2. The van der Waals surface area contributed by atoms with Gasteiger partial charge in [0.25, 0.3) is 10.1 Å². The quantitative estimate of drug-likeness (QED) is 0.447. The van der Waals surface area contributed by atoms with Crippen LogP contribution in [0.5, 0.6) is 5.75 Å². The lowest BCUT2D eigenvalue weighted by Gasteiger charge is -2.08. The Kier molecular flexibility index (Phi) is 6.09. The highest BCUT2D eigenvalue weighted by atomic mass is 32.2. The molecular formula is C20H18N2O8S. The number of ether oxygens (including phenoxy) is 3. The van der Waals surface area contributed by atoms with Gasteiger partial charge in [0.15, 0.2) is 5.69 Å². The van der Waals surface area contributed by atoms with Gasteiger partial charge in [0.2, 0.25) is 0 Å². The van der Waals surface area contributed by atoms with Crippen LogP contribution < -0.4 is 4.74 Å². The number of hydrogen-bond acceptors (Lipinski definition) is 8. The second kappa shape index (κ2) is 8.58. The van der Waals surface area contributed by atoms with Gasteiger partial charge in [-0.15, -0.1) is 0 Å². The van der Waals surface area contributed by atoms with Crippen LogP contribution in [0.1, 0.15) is 20.8 Å². The van der Waals surface area contributed by atoms with Gasteiger partial charge in [-0.3, -0.25) is 4.55 Å². The van der Waals surface area contributed by atoms with E-state index >= 15 is 0 Å². The van der Waals surface area contributed by atoms with Crippen LogP contribution in [-0.4, -0.2) is 56.0 Å². The van der Waals surface area contributed by atoms with Crippen LogP contribution >= 0.6 is 0 Å². The van der Waals surface area contributed by atoms with Gasteiger partial charge in [-0.2, -0.15) is 13.5 Å². The highest BCUT2D eigenvalue weighted by Crippen LogP contribution is 2.33. The predicted molar refractivity (Wildman–Crippen MR) is 108 cm³/mol. The van der Waals surface area contributed by atoms with Crippen LogP contribution in [0.25, 0.3) is 16.9 Å². The normalized spacial score (nSPS) is 11.1. The van der Waals surface area contributed by atoms with E-state index in [0.29, 0.717) is 5.69 Å². The van der Waals surface area contributed by atoms with Crippen molar-refractivity contribution in [3.63, 3.8) is 0 Å². The van der Waals surface area contributed by atoms with Crippen LogP contribution in [0, 0.1) is 0 Å². The number of esters is 2. The summed E-state index contributed by atoms with van der Waals surface area (Å²) in [5.74, 6) is -1.85. The Bertz CT molecular complexity index is 1250. The van der Waals surface area contributed by atoms with Crippen LogP contribution in [0.3, 0.4) is 0 Å². The molecule has 0 amide bonds. The van der Waals surface area contributed by atoms with Crippen LogP contribution in [0.15, 0.2) is 53.4 Å². The summed E-state index contributed by atoms with van der Waals surface area (Å²) in [4.78, 5) is 24.7. The summed E-state index contributed by atoms with van der Waals surface area (Å²) >= 11 is 0. The van der Waals surface area contributed by atoms with Gasteiger partial charge in [0, 0.05) is 5.56 Å². The molecule has 3 aromatic rings. The van der Waals surface area contributed by atoms with E-state index in [-0.39, 0.29) is 28.3 Å². The summed E-state index contributed by atoms with van der Waals surface area (Å²) in [6.45, 7) is 0. The van der Waals surface area contributed by atoms with E-state index in [9.17, 15) is 22.6 Å². The third-order valence-electron chi connectivity index (χ3n) is 4.37. The molecule has 2 aromatic carbocycles. The zero-order chi connectivity index (χ0) is 22.8. The van der Waals surface area contributed by atoms with Crippen molar-refractivity contribution in [2.45, 2.75) is 4.90 Å². The summed E-state index contributed by atoms with van der Waals surface area (Å²) in [5.41, 5.74) is 0.0737. The third kappa shape index (κ3) is 4.13. The SMILES string of the molecule is COC(=O)c1c(-c2ccc(OC)c(S(=O)(=O)O)c2)nn(-c2ccccc2)c1C(=O)OC. The number of para-hydroxylation sites is 1. The average Bonchev–Trinajstić information content (AvgIpc) is 3.18. The Morgan fingerprint density at radius 1 is 0.968 bits per heavy atom. The van der Waals surface area contributed by atoms with E-state index in [1.54, 1.807) is 30.3 Å². The molecule has 0 saturated heterocycles. The van der Waals surface area contributed by atoms with Gasteiger partial charge in [-0.25, -0.2) is 14.3 Å². The van der Waals surface area contributed by atoms with E-state index in [1.165, 1.54) is 23.9 Å². The van der Waals surface area contributed by atoms with E-state index in [0.717, 1.165) is 20.3 Å². The smallest absolute Gasteiger partial charge is 0.357 e. The average molecular weight is 446 g/mol. The summed E-state index contributed by atoms with van der Waals surface area (Å²) in [6, 6.07) is 12.3. The fourth-order valence-corrected chi connectivity index (χ4v) is 3.66. The molecule has 0 fully saturated rings. The van der Waals surface area contributed by atoms with Gasteiger partial charge in [0.05, 0.1) is 27.0 Å². The predicted octanol–water partition coefficient (Wildman–Crippen LogP) is 2.37. The molecule has 11 heteroatoms.